The van der Waals surface area contributed by atoms with Crippen LogP contribution in [0.5, 0.6) is 0 Å². The number of rotatable bonds is 5. The summed E-state index contributed by atoms with van der Waals surface area (Å²) in [6, 6.07) is 4.00. The van der Waals surface area contributed by atoms with Crippen molar-refractivity contribution in [3.63, 3.8) is 0 Å². The lowest BCUT2D eigenvalue weighted by Crippen LogP contribution is -2.40. The molecular formula is C20H23F2N3OS. The van der Waals surface area contributed by atoms with Crippen molar-refractivity contribution in [2.75, 3.05) is 26.2 Å². The van der Waals surface area contributed by atoms with Crippen LogP contribution in [-0.4, -0.2) is 47.1 Å². The summed E-state index contributed by atoms with van der Waals surface area (Å²) in [6.07, 6.45) is 3.42. The highest BCUT2D eigenvalue weighted by Gasteiger charge is 2.30. The van der Waals surface area contributed by atoms with Gasteiger partial charge in [-0.25, -0.2) is 8.78 Å². The number of hydrogen-bond acceptors (Lipinski definition) is 4. The Morgan fingerprint density at radius 3 is 2.89 bits per heavy atom. The number of carbonyl (C=O) groups excluding carboxylic acids is 1. The number of hydrogen-bond donors (Lipinski definition) is 0. The van der Waals surface area contributed by atoms with Crippen molar-refractivity contribution < 1.29 is 13.6 Å². The Morgan fingerprint density at radius 1 is 1.26 bits per heavy atom. The fourth-order valence-corrected chi connectivity index (χ4v) is 4.98. The molecule has 27 heavy (non-hydrogen) atoms. The fourth-order valence-electron chi connectivity index (χ4n) is 4.03. The van der Waals surface area contributed by atoms with E-state index in [0.29, 0.717) is 25.8 Å². The molecule has 4 rings (SSSR count). The third-order valence-electron chi connectivity index (χ3n) is 5.52. The molecule has 1 fully saturated rings. The van der Waals surface area contributed by atoms with Gasteiger partial charge in [0.1, 0.15) is 11.6 Å². The van der Waals surface area contributed by atoms with Crippen molar-refractivity contribution in [2.45, 2.75) is 32.1 Å². The molecule has 7 heteroatoms. The average molecular weight is 391 g/mol. The zero-order valence-corrected chi connectivity index (χ0v) is 16.0. The first-order valence-electron chi connectivity index (χ1n) is 9.50. The van der Waals surface area contributed by atoms with Gasteiger partial charge in [0.15, 0.2) is 5.17 Å². The first kappa shape index (κ1) is 18.5. The quantitative estimate of drug-likeness (QED) is 0.766. The number of amidine groups is 1. The van der Waals surface area contributed by atoms with Crippen molar-refractivity contribution in [3.05, 3.63) is 46.5 Å². The van der Waals surface area contributed by atoms with E-state index in [4.69, 9.17) is 0 Å². The standard InChI is InChI=1S/C20H23F2N3OS/c21-17-4-1-5-18(22)16(17)7-6-14-3-2-9-24(12-14)19(26)11-15-13-27-20-23-8-10-25(15)20/h1,4-5,13-14H,2-3,6-12H2/t14-/m0/s1. The molecule has 0 unspecified atom stereocenters. The van der Waals surface area contributed by atoms with Crippen LogP contribution in [0, 0.1) is 17.6 Å². The Hall–Kier alpha value is -1.89. The normalized spacial score (nSPS) is 21.9. The number of nitrogens with zero attached hydrogens (tertiary/aromatic N) is 3. The van der Waals surface area contributed by atoms with Gasteiger partial charge in [-0.3, -0.25) is 9.79 Å². The van der Waals surface area contributed by atoms with Crippen LogP contribution in [0.25, 0.3) is 0 Å². The van der Waals surface area contributed by atoms with E-state index < -0.39 is 11.6 Å². The summed E-state index contributed by atoms with van der Waals surface area (Å²) in [5.74, 6) is -0.533. The van der Waals surface area contributed by atoms with Gasteiger partial charge in [-0.2, -0.15) is 0 Å². The summed E-state index contributed by atoms with van der Waals surface area (Å²) in [5.41, 5.74) is 1.20. The van der Waals surface area contributed by atoms with Crippen LogP contribution >= 0.6 is 11.8 Å². The molecule has 0 radical (unpaired) electrons. The predicted octanol–water partition coefficient (Wildman–Crippen LogP) is 3.79. The Labute approximate surface area is 162 Å². The average Bonchev–Trinajstić information content (AvgIpc) is 3.27. The number of thioether (sulfide) groups is 1. The maximum atomic E-state index is 13.8. The zero-order chi connectivity index (χ0) is 18.8. The van der Waals surface area contributed by atoms with Crippen LogP contribution in [-0.2, 0) is 11.2 Å². The summed E-state index contributed by atoms with van der Waals surface area (Å²) in [6.45, 7) is 3.10. The number of fused-ring (bicyclic) bond motifs is 1. The highest BCUT2D eigenvalue weighted by molar-refractivity contribution is 8.16. The van der Waals surface area contributed by atoms with Crippen LogP contribution in [0.2, 0.25) is 0 Å². The molecule has 0 spiro atoms. The maximum absolute atomic E-state index is 13.8. The molecule has 0 N–H and O–H groups in total. The molecule has 1 aromatic carbocycles. The number of halogens is 2. The van der Waals surface area contributed by atoms with Crippen LogP contribution in [0.15, 0.2) is 34.3 Å². The molecule has 0 saturated carbocycles. The van der Waals surface area contributed by atoms with E-state index >= 15 is 0 Å². The maximum Gasteiger partial charge on any atom is 0.228 e. The summed E-state index contributed by atoms with van der Waals surface area (Å²) in [7, 11) is 0. The monoisotopic (exact) mass is 391 g/mol. The lowest BCUT2D eigenvalue weighted by atomic mass is 9.91. The third-order valence-corrected chi connectivity index (χ3v) is 6.47. The number of carbonyl (C=O) groups is 1. The smallest absolute Gasteiger partial charge is 0.228 e. The molecule has 1 saturated heterocycles. The second kappa shape index (κ2) is 8.00. The van der Waals surface area contributed by atoms with Crippen LogP contribution in [0.4, 0.5) is 8.78 Å². The second-order valence-corrected chi connectivity index (χ2v) is 8.14. The predicted molar refractivity (Wildman–Crippen MR) is 103 cm³/mol. The highest BCUT2D eigenvalue weighted by Crippen LogP contribution is 2.32. The molecule has 144 valence electrons. The van der Waals surface area contributed by atoms with Crippen LogP contribution < -0.4 is 0 Å². The Bertz CT molecular complexity index is 775. The van der Waals surface area contributed by atoms with E-state index in [9.17, 15) is 13.6 Å². The van der Waals surface area contributed by atoms with E-state index in [1.54, 1.807) is 11.8 Å². The number of amides is 1. The van der Waals surface area contributed by atoms with E-state index in [-0.39, 0.29) is 17.4 Å². The Balaban J connectivity index is 1.31. The van der Waals surface area contributed by atoms with Gasteiger partial charge in [-0.05, 0) is 49.1 Å². The minimum atomic E-state index is -0.479. The molecule has 0 aromatic heterocycles. The van der Waals surface area contributed by atoms with Gasteiger partial charge in [0, 0.05) is 30.9 Å². The number of benzene rings is 1. The molecule has 3 heterocycles. The van der Waals surface area contributed by atoms with Gasteiger partial charge < -0.3 is 9.80 Å². The minimum Gasteiger partial charge on any atom is -0.342 e. The fraction of sp³-hybridized carbons (Fsp3) is 0.500. The number of likely N-dealkylation sites (tertiary alicyclic amines) is 1. The lowest BCUT2D eigenvalue weighted by molar-refractivity contribution is -0.132. The second-order valence-electron chi connectivity index (χ2n) is 7.31. The molecule has 1 aromatic rings. The van der Waals surface area contributed by atoms with E-state index in [1.807, 2.05) is 10.3 Å². The molecule has 3 aliphatic rings. The largest absolute Gasteiger partial charge is 0.342 e. The van der Waals surface area contributed by atoms with Gasteiger partial charge in [-0.15, -0.1) is 0 Å². The third kappa shape index (κ3) is 4.03. The summed E-state index contributed by atoms with van der Waals surface area (Å²) >= 11 is 1.59. The van der Waals surface area contributed by atoms with E-state index in [2.05, 4.69) is 9.89 Å². The first-order valence-corrected chi connectivity index (χ1v) is 10.4. The highest BCUT2D eigenvalue weighted by atomic mass is 32.2. The molecular weight excluding hydrogens is 368 g/mol. The summed E-state index contributed by atoms with van der Waals surface area (Å²) in [4.78, 5) is 21.2. The molecule has 4 nitrogen and oxygen atoms in total. The minimum absolute atomic E-state index is 0.136. The van der Waals surface area contributed by atoms with Crippen molar-refractivity contribution in [1.29, 1.82) is 0 Å². The lowest BCUT2D eigenvalue weighted by Gasteiger charge is -2.33. The molecule has 3 aliphatic heterocycles. The van der Waals surface area contributed by atoms with Crippen LogP contribution in [0.3, 0.4) is 0 Å². The van der Waals surface area contributed by atoms with Crippen molar-refractivity contribution in [1.82, 2.24) is 9.80 Å². The van der Waals surface area contributed by atoms with Crippen molar-refractivity contribution in [2.24, 2.45) is 10.9 Å². The molecule has 1 amide bonds. The SMILES string of the molecule is O=C(CC1=CSC2=NCCN12)N1CCC[C@@H](CCc2c(F)cccc2F)C1. The summed E-state index contributed by atoms with van der Waals surface area (Å²) in [5, 5.41) is 3.03. The van der Waals surface area contributed by atoms with Gasteiger partial charge >= 0.3 is 0 Å². The summed E-state index contributed by atoms with van der Waals surface area (Å²) < 4.78 is 27.6. The van der Waals surface area contributed by atoms with Gasteiger partial charge in [0.25, 0.3) is 0 Å². The van der Waals surface area contributed by atoms with Crippen LogP contribution in [0.1, 0.15) is 31.2 Å². The molecule has 0 bridgehead atoms. The van der Waals surface area contributed by atoms with E-state index in [0.717, 1.165) is 43.3 Å². The van der Waals surface area contributed by atoms with Gasteiger partial charge in [0.05, 0.1) is 13.0 Å². The van der Waals surface area contributed by atoms with Gasteiger partial charge in [-0.1, -0.05) is 17.8 Å². The zero-order valence-electron chi connectivity index (χ0n) is 15.2. The van der Waals surface area contributed by atoms with E-state index in [1.165, 1.54) is 18.2 Å². The topological polar surface area (TPSA) is 35.9 Å². The molecule has 1 atom stereocenters. The van der Waals surface area contributed by atoms with Gasteiger partial charge in [0.2, 0.25) is 5.91 Å². The number of piperidine rings is 1. The molecule has 0 aliphatic carbocycles. The Morgan fingerprint density at radius 2 is 2.07 bits per heavy atom. The van der Waals surface area contributed by atoms with Crippen molar-refractivity contribution in [3.8, 4) is 0 Å². The van der Waals surface area contributed by atoms with Crippen molar-refractivity contribution >= 4 is 22.8 Å². The Kier molecular flexibility index (Phi) is 5.48. The first-order chi connectivity index (χ1) is 13.1. The number of aliphatic imine (C=N–C) groups is 1.